The average Bonchev–Trinajstić information content (AvgIpc) is 3.55. The van der Waals surface area contributed by atoms with Crippen LogP contribution in [0.2, 0.25) is 0 Å². The summed E-state index contributed by atoms with van der Waals surface area (Å²) < 4.78 is 47.9. The first-order valence-electron chi connectivity index (χ1n) is 13.1. The summed E-state index contributed by atoms with van der Waals surface area (Å²) in [5, 5.41) is 5.22. The summed E-state index contributed by atoms with van der Waals surface area (Å²) in [4.78, 5) is 23.3. The molecule has 0 spiro atoms. The predicted molar refractivity (Wildman–Crippen MR) is 149 cm³/mol. The van der Waals surface area contributed by atoms with E-state index in [2.05, 4.69) is 23.8 Å². The number of fused-ring (bicyclic) bond motifs is 1. The van der Waals surface area contributed by atoms with Crippen LogP contribution in [0, 0.1) is 0 Å². The van der Waals surface area contributed by atoms with E-state index in [0.29, 0.717) is 49.1 Å². The molecule has 0 bridgehead atoms. The standard InChI is InChI=1S/C28H31F3N6O2S/c1-17(2)25-23(18-5-4-6-20(15-18)39-3)33-27(40-25)37-22-8-7-19(28(29,30)31)16-21(22)24(34-37)26(38)36-13-11-35(10-9-32)12-14-36/h4-8,15-17H,9-14,32H2,1-3H3. The minimum absolute atomic E-state index is 0.0161. The molecular formula is C28H31F3N6O2S. The van der Waals surface area contributed by atoms with Gasteiger partial charge in [-0.05, 0) is 36.2 Å². The first-order chi connectivity index (χ1) is 19.1. The van der Waals surface area contributed by atoms with Crippen molar-refractivity contribution < 1.29 is 22.7 Å². The van der Waals surface area contributed by atoms with Crippen LogP contribution in [0.4, 0.5) is 13.2 Å². The van der Waals surface area contributed by atoms with E-state index in [-0.39, 0.29) is 17.0 Å². The number of amides is 1. The van der Waals surface area contributed by atoms with Gasteiger partial charge in [0.25, 0.3) is 5.91 Å². The van der Waals surface area contributed by atoms with Crippen LogP contribution in [0.5, 0.6) is 5.75 Å². The fourth-order valence-electron chi connectivity index (χ4n) is 4.88. The zero-order valence-corrected chi connectivity index (χ0v) is 23.3. The summed E-state index contributed by atoms with van der Waals surface area (Å²) in [5.41, 5.74) is 6.80. The number of thiazole rings is 1. The number of rotatable bonds is 7. The maximum Gasteiger partial charge on any atom is 0.416 e. The third kappa shape index (κ3) is 5.43. The van der Waals surface area contributed by atoms with Gasteiger partial charge in [0.1, 0.15) is 5.75 Å². The Balaban J connectivity index is 1.62. The minimum Gasteiger partial charge on any atom is -0.497 e. The van der Waals surface area contributed by atoms with Crippen LogP contribution in [0.15, 0.2) is 42.5 Å². The van der Waals surface area contributed by atoms with E-state index < -0.39 is 17.6 Å². The first kappa shape index (κ1) is 28.1. The van der Waals surface area contributed by atoms with Crippen molar-refractivity contribution in [1.29, 1.82) is 0 Å². The molecule has 212 valence electrons. The third-order valence-electron chi connectivity index (χ3n) is 7.01. The van der Waals surface area contributed by atoms with E-state index in [1.54, 1.807) is 12.0 Å². The number of nitrogens with two attached hydrogens (primary N) is 1. The fraction of sp³-hybridized carbons (Fsp3) is 0.393. The second-order valence-corrected chi connectivity index (χ2v) is 11.0. The highest BCUT2D eigenvalue weighted by Crippen LogP contribution is 2.39. The van der Waals surface area contributed by atoms with Gasteiger partial charge in [-0.15, -0.1) is 0 Å². The number of hydrogen-bond acceptors (Lipinski definition) is 7. The molecule has 1 aliphatic rings. The van der Waals surface area contributed by atoms with Gasteiger partial charge in [-0.1, -0.05) is 37.3 Å². The summed E-state index contributed by atoms with van der Waals surface area (Å²) in [7, 11) is 1.59. The lowest BCUT2D eigenvalue weighted by Gasteiger charge is -2.34. The van der Waals surface area contributed by atoms with Crippen molar-refractivity contribution in [3.8, 4) is 22.1 Å². The van der Waals surface area contributed by atoms with Gasteiger partial charge in [0.05, 0.1) is 23.9 Å². The van der Waals surface area contributed by atoms with Crippen molar-refractivity contribution in [1.82, 2.24) is 24.6 Å². The van der Waals surface area contributed by atoms with Crippen molar-refractivity contribution in [3.05, 3.63) is 58.6 Å². The number of piperazine rings is 1. The van der Waals surface area contributed by atoms with Gasteiger partial charge in [-0.2, -0.15) is 18.3 Å². The average molecular weight is 573 g/mol. The number of hydrogen-bond donors (Lipinski definition) is 1. The van der Waals surface area contributed by atoms with Crippen LogP contribution in [0.1, 0.15) is 40.7 Å². The van der Waals surface area contributed by atoms with Gasteiger partial charge < -0.3 is 15.4 Å². The number of halogens is 3. The number of methoxy groups -OCH3 is 1. The molecule has 0 aliphatic carbocycles. The highest BCUT2D eigenvalue weighted by molar-refractivity contribution is 7.14. The maximum atomic E-state index is 13.7. The normalized spacial score (nSPS) is 14.8. The van der Waals surface area contributed by atoms with Crippen LogP contribution in [0.25, 0.3) is 27.3 Å². The molecule has 4 aromatic rings. The van der Waals surface area contributed by atoms with Crippen LogP contribution in [0.3, 0.4) is 0 Å². The molecule has 8 nitrogen and oxygen atoms in total. The van der Waals surface area contributed by atoms with E-state index in [4.69, 9.17) is 15.5 Å². The Labute approximate surface area is 234 Å². The molecule has 0 atom stereocenters. The molecule has 1 amide bonds. The van der Waals surface area contributed by atoms with Gasteiger partial charge in [-0.25, -0.2) is 9.67 Å². The number of nitrogens with zero attached hydrogens (tertiary/aromatic N) is 5. The number of carbonyl (C=O) groups excluding carboxylic acids is 1. The van der Waals surface area contributed by atoms with Crippen LogP contribution in [-0.4, -0.2) is 76.8 Å². The SMILES string of the molecule is COc1cccc(-c2nc(-n3nc(C(=O)N4CCN(CCN)CC4)c4cc(C(F)(F)F)ccc43)sc2C(C)C)c1. The summed E-state index contributed by atoms with van der Waals surface area (Å²) in [5.74, 6) is 0.409. The summed E-state index contributed by atoms with van der Waals surface area (Å²) in [6, 6.07) is 10.9. The number of carbonyl (C=O) groups is 1. The van der Waals surface area contributed by atoms with Crippen molar-refractivity contribution in [3.63, 3.8) is 0 Å². The topological polar surface area (TPSA) is 89.5 Å². The van der Waals surface area contributed by atoms with Crippen LogP contribution in [-0.2, 0) is 6.18 Å². The van der Waals surface area contributed by atoms with E-state index in [1.807, 2.05) is 24.3 Å². The Bertz CT molecular complexity index is 1520. The minimum atomic E-state index is -4.56. The lowest BCUT2D eigenvalue weighted by Crippen LogP contribution is -2.49. The second-order valence-electron chi connectivity index (χ2n) is 10.0. The van der Waals surface area contributed by atoms with Crippen LogP contribution >= 0.6 is 11.3 Å². The largest absolute Gasteiger partial charge is 0.497 e. The molecule has 0 radical (unpaired) electrons. The molecule has 40 heavy (non-hydrogen) atoms. The van der Waals surface area contributed by atoms with E-state index >= 15 is 0 Å². The molecule has 1 fully saturated rings. The Morgan fingerprint density at radius 3 is 2.52 bits per heavy atom. The molecule has 2 N–H and O–H groups in total. The van der Waals surface area contributed by atoms with E-state index in [0.717, 1.165) is 34.8 Å². The molecule has 2 aromatic heterocycles. The summed E-state index contributed by atoms with van der Waals surface area (Å²) in [6.45, 7) is 7.53. The van der Waals surface area contributed by atoms with E-state index in [1.165, 1.54) is 22.1 Å². The lowest BCUT2D eigenvalue weighted by atomic mass is 10.1. The van der Waals surface area contributed by atoms with Crippen LogP contribution < -0.4 is 10.5 Å². The molecule has 2 aromatic carbocycles. The molecule has 12 heteroatoms. The third-order valence-corrected chi connectivity index (χ3v) is 8.34. The quantitative estimate of drug-likeness (QED) is 0.335. The van der Waals surface area contributed by atoms with Gasteiger partial charge in [0, 0.05) is 55.1 Å². The Morgan fingerprint density at radius 1 is 1.12 bits per heavy atom. The van der Waals surface area contributed by atoms with Crippen molar-refractivity contribution >= 4 is 28.1 Å². The Hall–Kier alpha value is -3.48. The summed E-state index contributed by atoms with van der Waals surface area (Å²) >= 11 is 1.40. The molecule has 5 rings (SSSR count). The monoisotopic (exact) mass is 572 g/mol. The van der Waals surface area contributed by atoms with Gasteiger partial charge >= 0.3 is 6.18 Å². The number of aromatic nitrogens is 3. The van der Waals surface area contributed by atoms with Crippen molar-refractivity contribution in [2.45, 2.75) is 25.9 Å². The number of benzene rings is 2. The van der Waals surface area contributed by atoms with Gasteiger partial charge in [0.15, 0.2) is 5.69 Å². The molecule has 1 aliphatic heterocycles. The molecule has 0 saturated carbocycles. The van der Waals surface area contributed by atoms with Gasteiger partial charge in [-0.3, -0.25) is 9.69 Å². The maximum absolute atomic E-state index is 13.7. The molecular weight excluding hydrogens is 541 g/mol. The molecule has 0 unspecified atom stereocenters. The Kier molecular flexibility index (Phi) is 7.85. The smallest absolute Gasteiger partial charge is 0.416 e. The van der Waals surface area contributed by atoms with Gasteiger partial charge in [0.2, 0.25) is 5.13 Å². The predicted octanol–water partition coefficient (Wildman–Crippen LogP) is 5.02. The number of alkyl halides is 3. The zero-order valence-electron chi connectivity index (χ0n) is 22.5. The lowest BCUT2D eigenvalue weighted by molar-refractivity contribution is -0.137. The molecule has 3 heterocycles. The Morgan fingerprint density at radius 2 is 1.88 bits per heavy atom. The van der Waals surface area contributed by atoms with E-state index in [9.17, 15) is 18.0 Å². The second kappa shape index (κ2) is 11.2. The summed E-state index contributed by atoms with van der Waals surface area (Å²) in [6.07, 6.45) is -4.56. The number of ether oxygens (including phenoxy) is 1. The first-order valence-corrected chi connectivity index (χ1v) is 13.9. The highest BCUT2D eigenvalue weighted by Gasteiger charge is 2.33. The van der Waals surface area contributed by atoms with Crippen molar-refractivity contribution in [2.75, 3.05) is 46.4 Å². The fourth-order valence-corrected chi connectivity index (χ4v) is 5.94. The van der Waals surface area contributed by atoms with Crippen molar-refractivity contribution in [2.24, 2.45) is 5.73 Å². The zero-order chi connectivity index (χ0) is 28.6. The molecule has 1 saturated heterocycles. The highest BCUT2D eigenvalue weighted by atomic mass is 32.1.